The standard InChI is InChI=1S/C82H98Cl2N12O25/c1-45(2)71(85)76(104)89-59(21-16-30-87-78(86)105)75(103)88-54-27-24-50(25-28-54)42-113-79(106)90(7)31-33-92(9)81(108)120-64-36-61-69(57-19-13-11-17-55(57)64)52(38-83)40-94(61)67(101)22-15-23-68(102)95-41-53(39-84)70-58-20-14-12-18-56(58)65(37-62(70)95)121-82(109)93(10)34-32-91(8)80(107)114-43-51-26-29-63(60(35-51)96(110)111)118-77-74(117-49(6)100)73(116-48(5)99)72(115-47(4)98)66(119-77)44-112-46(3)97/h11-14,17-20,24-29,35-37,45,52-53,59,66,71-74,77H,15-16,21-23,30-34,38-44,85H2,1-10H3,(H,88,103)(H,89,104)(H3,86,87,105)/t52-,53-,59+,66-,71+,72+,73+,74-,77-/m1/s1. The predicted molar refractivity (Wildman–Crippen MR) is 439 cm³/mol. The number of amides is 10. The van der Waals surface area contributed by atoms with E-state index in [1.165, 1.54) is 49.0 Å². The van der Waals surface area contributed by atoms with E-state index in [1.807, 2.05) is 18.2 Å². The van der Waals surface area contributed by atoms with Gasteiger partial charge in [-0.15, -0.1) is 23.2 Å². The summed E-state index contributed by atoms with van der Waals surface area (Å²) in [4.78, 5) is 189. The van der Waals surface area contributed by atoms with Gasteiger partial charge < -0.3 is 104 Å². The lowest BCUT2D eigenvalue weighted by molar-refractivity contribution is -0.387. The van der Waals surface area contributed by atoms with Crippen molar-refractivity contribution in [3.8, 4) is 17.2 Å². The number of benzene rings is 6. The molecule has 39 heteroatoms. The van der Waals surface area contributed by atoms with Gasteiger partial charge in [-0.1, -0.05) is 80.6 Å². The van der Waals surface area contributed by atoms with Gasteiger partial charge in [0, 0.05) is 173 Å². The molecule has 0 saturated carbocycles. The number of nitro benzene ring substituents is 1. The lowest BCUT2D eigenvalue weighted by Gasteiger charge is -2.43. The third-order valence-electron chi connectivity index (χ3n) is 20.2. The lowest BCUT2D eigenvalue weighted by atomic mass is 9.95. The summed E-state index contributed by atoms with van der Waals surface area (Å²) in [5.41, 5.74) is 14.1. The maximum atomic E-state index is 14.5. The Kier molecular flexibility index (Phi) is 32.5. The summed E-state index contributed by atoms with van der Waals surface area (Å²) < 4.78 is 56.4. The van der Waals surface area contributed by atoms with E-state index in [4.69, 9.17) is 82.0 Å². The first-order valence-corrected chi connectivity index (χ1v) is 39.8. The van der Waals surface area contributed by atoms with Crippen LogP contribution in [-0.4, -0.2) is 238 Å². The topological polar surface area (TPSA) is 465 Å². The number of urea groups is 1. The Morgan fingerprint density at radius 2 is 1.03 bits per heavy atom. The highest BCUT2D eigenvalue weighted by atomic mass is 35.5. The van der Waals surface area contributed by atoms with E-state index in [0.717, 1.165) is 55.9 Å². The maximum Gasteiger partial charge on any atom is 0.415 e. The molecule has 0 unspecified atom stereocenters. The third kappa shape index (κ3) is 24.2. The molecule has 9 atom stereocenters. The maximum absolute atomic E-state index is 14.5. The molecule has 0 aliphatic carbocycles. The van der Waals surface area contributed by atoms with Crippen LogP contribution in [0.2, 0.25) is 0 Å². The summed E-state index contributed by atoms with van der Waals surface area (Å²) in [6.07, 6.45) is -10.8. The van der Waals surface area contributed by atoms with E-state index in [1.54, 1.807) is 90.4 Å². The summed E-state index contributed by atoms with van der Waals surface area (Å²) in [6, 6.07) is 25.1. The number of esters is 4. The monoisotopic (exact) mass is 1720 g/mol. The SMILES string of the molecule is CC(=O)OC[C@H]1O[C@@H](Oc2ccc(COC(=O)N(C)CCN(C)C(=O)Oc3cc4c(c5ccccc35)[C@H](CCl)CN4C(=O)CCCC(=O)N3C[C@@H](CCl)c4c3cc(OC(=O)N(C)CCN(C)C(=O)OCc3ccc(NC(=O)[C@H](CCCNC(N)=O)NC(=O)[C@@H](N)C(C)C)cc3)c3ccccc43)cc2[N+](=O)[O-])[C@H](OC(C)=O)[C@@H](OC(C)=O)[C@H]1OC(C)=O. The molecule has 0 spiro atoms. The number of nitrogens with two attached hydrogens (primary N) is 2. The van der Waals surface area contributed by atoms with Gasteiger partial charge in [0.15, 0.2) is 18.0 Å². The van der Waals surface area contributed by atoms with Gasteiger partial charge in [-0.25, -0.2) is 24.0 Å². The van der Waals surface area contributed by atoms with Crippen LogP contribution in [-0.2, 0) is 84.7 Å². The first-order valence-electron chi connectivity index (χ1n) is 38.8. The fraction of sp³-hybridized carbons (Fsp3) is 0.451. The van der Waals surface area contributed by atoms with Crippen molar-refractivity contribution in [3.63, 3.8) is 0 Å². The first kappa shape index (κ1) is 92.5. The number of carbonyl (C=O) groups excluding carboxylic acids is 13. The van der Waals surface area contributed by atoms with Gasteiger partial charge in [-0.3, -0.25) is 48.5 Å². The highest BCUT2D eigenvalue weighted by Crippen LogP contribution is 2.48. The van der Waals surface area contributed by atoms with Crippen LogP contribution in [0.4, 0.5) is 46.7 Å². The molecule has 3 aliphatic rings. The zero-order valence-electron chi connectivity index (χ0n) is 68.4. The normalized spacial score (nSPS) is 17.5. The summed E-state index contributed by atoms with van der Waals surface area (Å²) in [5.74, 6) is -5.92. The van der Waals surface area contributed by atoms with E-state index in [0.29, 0.717) is 50.6 Å². The number of hydrogen-bond donors (Lipinski definition) is 5. The van der Waals surface area contributed by atoms with Gasteiger partial charge in [0.25, 0.3) is 0 Å². The molecule has 0 radical (unpaired) electrons. The fourth-order valence-electron chi connectivity index (χ4n) is 13.8. The number of hydrogen-bond acceptors (Lipinski definition) is 26. The second kappa shape index (κ2) is 42.5. The number of carbonyl (C=O) groups is 13. The lowest BCUT2D eigenvalue weighted by Crippen LogP contribution is -2.63. The smallest absolute Gasteiger partial charge is 0.415 e. The van der Waals surface area contributed by atoms with Crippen LogP contribution in [0.15, 0.2) is 103 Å². The average molecular weight is 1720 g/mol. The van der Waals surface area contributed by atoms with Gasteiger partial charge in [0.2, 0.25) is 36.0 Å². The van der Waals surface area contributed by atoms with Crippen molar-refractivity contribution in [2.45, 2.75) is 141 Å². The summed E-state index contributed by atoms with van der Waals surface area (Å²) in [5, 5.41) is 23.0. The van der Waals surface area contributed by atoms with E-state index < -0.39 is 138 Å². The number of halogens is 2. The Balaban J connectivity index is 0.775. The molecule has 0 bridgehead atoms. The zero-order valence-corrected chi connectivity index (χ0v) is 69.9. The number of primary amides is 1. The minimum absolute atomic E-state index is 0.0176. The van der Waals surface area contributed by atoms with Crippen molar-refractivity contribution in [1.82, 2.24) is 30.2 Å². The van der Waals surface area contributed by atoms with Crippen molar-refractivity contribution in [2.75, 3.05) is 107 Å². The molecule has 3 heterocycles. The van der Waals surface area contributed by atoms with Crippen LogP contribution >= 0.6 is 23.2 Å². The van der Waals surface area contributed by atoms with Crippen molar-refractivity contribution in [2.24, 2.45) is 17.4 Å². The minimum Gasteiger partial charge on any atom is -0.463 e. The number of anilines is 3. The molecule has 10 amide bonds. The molecule has 1 saturated heterocycles. The molecule has 7 N–H and O–H groups in total. The van der Waals surface area contributed by atoms with Crippen LogP contribution in [0.3, 0.4) is 0 Å². The van der Waals surface area contributed by atoms with Gasteiger partial charge in [-0.2, -0.15) is 0 Å². The van der Waals surface area contributed by atoms with Crippen LogP contribution in [0.25, 0.3) is 21.5 Å². The number of nitro groups is 1. The number of fused-ring (bicyclic) bond motifs is 6. The van der Waals surface area contributed by atoms with Gasteiger partial charge in [0.05, 0.1) is 22.3 Å². The molecule has 37 nitrogen and oxygen atoms in total. The molecule has 3 aliphatic heterocycles. The van der Waals surface area contributed by atoms with E-state index >= 15 is 0 Å². The zero-order chi connectivity index (χ0) is 88.2. The number of alkyl halides is 2. The van der Waals surface area contributed by atoms with Crippen LogP contribution in [0.1, 0.15) is 108 Å². The van der Waals surface area contributed by atoms with Crippen LogP contribution in [0, 0.1) is 16.0 Å². The van der Waals surface area contributed by atoms with Crippen molar-refractivity contribution < 1.29 is 115 Å². The number of nitrogens with one attached hydrogen (secondary N) is 3. The van der Waals surface area contributed by atoms with E-state index in [2.05, 4.69) is 16.0 Å². The Hall–Kier alpha value is -12.4. The Labute approximate surface area is 706 Å². The largest absolute Gasteiger partial charge is 0.463 e. The van der Waals surface area contributed by atoms with Gasteiger partial charge in [0.1, 0.15) is 43.5 Å². The molecule has 6 aromatic carbocycles. The molecule has 9 rings (SSSR count). The van der Waals surface area contributed by atoms with Crippen LogP contribution in [0.5, 0.6) is 17.2 Å². The number of likely N-dealkylation sites (N-methyl/N-ethyl adjacent to an activating group) is 4. The molecular weight excluding hydrogens is 1620 g/mol. The summed E-state index contributed by atoms with van der Waals surface area (Å²) in [7, 11) is 5.83. The average Bonchev–Trinajstić information content (AvgIpc) is 1.58. The summed E-state index contributed by atoms with van der Waals surface area (Å²) >= 11 is 13.3. The van der Waals surface area contributed by atoms with Gasteiger partial charge >= 0.3 is 60.0 Å². The second-order valence-electron chi connectivity index (χ2n) is 29.5. The predicted octanol–water partition coefficient (Wildman–Crippen LogP) is 8.83. The quantitative estimate of drug-likeness (QED) is 0.00619. The second-order valence-corrected chi connectivity index (χ2v) is 30.1. The minimum atomic E-state index is -1.80. The molecular formula is C82H98Cl2N12O25. The molecule has 121 heavy (non-hydrogen) atoms. The van der Waals surface area contributed by atoms with Crippen molar-refractivity contribution >= 4 is 145 Å². The third-order valence-corrected chi connectivity index (χ3v) is 20.9. The molecule has 1 fully saturated rings. The van der Waals surface area contributed by atoms with Crippen LogP contribution < -0.4 is 51.4 Å². The van der Waals surface area contributed by atoms with Gasteiger partial charge in [-0.05, 0) is 76.4 Å². The molecule has 0 aromatic heterocycles. The van der Waals surface area contributed by atoms with Crippen molar-refractivity contribution in [3.05, 3.63) is 135 Å². The fourth-order valence-corrected chi connectivity index (χ4v) is 14.3. The first-order chi connectivity index (χ1) is 57.5. The summed E-state index contributed by atoms with van der Waals surface area (Å²) in [6.45, 7) is 6.91. The Morgan fingerprint density at radius 1 is 0.570 bits per heavy atom. The number of nitrogens with zero attached hydrogens (tertiary/aromatic N) is 7. The Morgan fingerprint density at radius 3 is 1.50 bits per heavy atom. The van der Waals surface area contributed by atoms with E-state index in [9.17, 15) is 72.4 Å². The molecule has 6 aromatic rings. The molecule has 650 valence electrons. The van der Waals surface area contributed by atoms with Crippen molar-refractivity contribution in [1.29, 1.82) is 0 Å². The highest BCUT2D eigenvalue weighted by molar-refractivity contribution is 6.20. The number of ether oxygens (including phenoxy) is 10. The number of rotatable bonds is 35. The van der Waals surface area contributed by atoms with E-state index in [-0.39, 0.29) is 136 Å². The highest BCUT2D eigenvalue weighted by Gasteiger charge is 2.54. The Bertz CT molecular complexity index is 4870.